The molecule has 0 spiro atoms. The molecule has 3 N–H and O–H groups in total. The number of piperidine rings is 1. The lowest BCUT2D eigenvalue weighted by molar-refractivity contribution is -0.123. The third-order valence-electron chi connectivity index (χ3n) is 3.50. The van der Waals surface area contributed by atoms with Gasteiger partial charge < -0.3 is 15.6 Å². The number of aromatic nitrogens is 1. The van der Waals surface area contributed by atoms with Crippen LogP contribution in [0.25, 0.3) is 0 Å². The van der Waals surface area contributed by atoms with Crippen molar-refractivity contribution in [3.8, 4) is 0 Å². The Hall–Kier alpha value is -2.11. The van der Waals surface area contributed by atoms with Gasteiger partial charge in [0.05, 0.1) is 0 Å². The topological polar surface area (TPSA) is 96.3 Å². The molecule has 1 aliphatic rings. The lowest BCUT2D eigenvalue weighted by Crippen LogP contribution is -2.41. The molecule has 0 saturated carbocycles. The molecule has 0 bridgehead atoms. The third kappa shape index (κ3) is 2.83. The SMILES string of the molecule is CC(=O)c1c[nH]c(C(=O)N2CCC(C(N)=O)CC2)c1. The lowest BCUT2D eigenvalue weighted by Gasteiger charge is -2.30. The predicted molar refractivity (Wildman–Crippen MR) is 68.6 cm³/mol. The number of carbonyl (C=O) groups is 3. The molecule has 0 aliphatic carbocycles. The number of nitrogens with one attached hydrogen (secondary N) is 1. The van der Waals surface area contributed by atoms with Gasteiger partial charge in [-0.25, -0.2) is 0 Å². The highest BCUT2D eigenvalue weighted by Gasteiger charge is 2.27. The lowest BCUT2D eigenvalue weighted by atomic mass is 9.96. The number of H-pyrrole nitrogens is 1. The summed E-state index contributed by atoms with van der Waals surface area (Å²) in [4.78, 5) is 38.9. The van der Waals surface area contributed by atoms with Crippen LogP contribution in [0.5, 0.6) is 0 Å². The molecule has 102 valence electrons. The minimum Gasteiger partial charge on any atom is -0.369 e. The molecule has 1 aromatic rings. The number of nitrogens with zero attached hydrogens (tertiary/aromatic N) is 1. The van der Waals surface area contributed by atoms with E-state index in [1.165, 1.54) is 13.1 Å². The van der Waals surface area contributed by atoms with Crippen LogP contribution in [0.2, 0.25) is 0 Å². The number of ketones is 1. The maximum absolute atomic E-state index is 12.2. The Kier molecular flexibility index (Phi) is 3.69. The minimum atomic E-state index is -0.300. The smallest absolute Gasteiger partial charge is 0.270 e. The van der Waals surface area contributed by atoms with E-state index in [0.717, 1.165) is 0 Å². The average Bonchev–Trinajstić information content (AvgIpc) is 2.87. The summed E-state index contributed by atoms with van der Waals surface area (Å²) < 4.78 is 0. The van der Waals surface area contributed by atoms with Crippen LogP contribution in [0, 0.1) is 5.92 Å². The van der Waals surface area contributed by atoms with Crippen molar-refractivity contribution in [2.24, 2.45) is 11.7 Å². The average molecular weight is 263 g/mol. The highest BCUT2D eigenvalue weighted by molar-refractivity contribution is 5.99. The number of hydrogen-bond donors (Lipinski definition) is 2. The molecule has 2 heterocycles. The third-order valence-corrected chi connectivity index (χ3v) is 3.50. The van der Waals surface area contributed by atoms with E-state index in [1.807, 2.05) is 0 Å². The normalized spacial score (nSPS) is 16.4. The Morgan fingerprint density at radius 3 is 2.42 bits per heavy atom. The molecular formula is C13H17N3O3. The van der Waals surface area contributed by atoms with E-state index >= 15 is 0 Å². The highest BCUT2D eigenvalue weighted by atomic mass is 16.2. The maximum Gasteiger partial charge on any atom is 0.270 e. The minimum absolute atomic E-state index is 0.0808. The van der Waals surface area contributed by atoms with E-state index in [9.17, 15) is 14.4 Å². The van der Waals surface area contributed by atoms with Crippen LogP contribution in [-0.2, 0) is 4.79 Å². The molecule has 1 aliphatic heterocycles. The molecule has 2 amide bonds. The molecule has 1 fully saturated rings. The fourth-order valence-electron chi connectivity index (χ4n) is 2.26. The van der Waals surface area contributed by atoms with Gasteiger partial charge in [-0.05, 0) is 25.8 Å². The van der Waals surface area contributed by atoms with Gasteiger partial charge in [-0.15, -0.1) is 0 Å². The van der Waals surface area contributed by atoms with Gasteiger partial charge in [-0.2, -0.15) is 0 Å². The van der Waals surface area contributed by atoms with Gasteiger partial charge in [0.2, 0.25) is 5.91 Å². The number of nitrogens with two attached hydrogens (primary N) is 1. The molecule has 6 nitrogen and oxygen atoms in total. The number of Topliss-reactive ketones (excluding diaryl/α,β-unsaturated/α-hetero) is 1. The number of aromatic amines is 1. The summed E-state index contributed by atoms with van der Waals surface area (Å²) in [5.41, 5.74) is 6.15. The monoisotopic (exact) mass is 263 g/mol. The fraction of sp³-hybridized carbons (Fsp3) is 0.462. The largest absolute Gasteiger partial charge is 0.369 e. The van der Waals surface area contributed by atoms with Gasteiger partial charge in [0.25, 0.3) is 5.91 Å². The zero-order valence-corrected chi connectivity index (χ0v) is 10.8. The first-order valence-electron chi connectivity index (χ1n) is 6.27. The summed E-state index contributed by atoms with van der Waals surface area (Å²) in [7, 11) is 0. The Balaban J connectivity index is 2.01. The maximum atomic E-state index is 12.2. The quantitative estimate of drug-likeness (QED) is 0.779. The van der Waals surface area contributed by atoms with Crippen LogP contribution in [0.3, 0.4) is 0 Å². The molecule has 0 radical (unpaired) electrons. The molecule has 0 atom stereocenters. The Morgan fingerprint density at radius 2 is 1.95 bits per heavy atom. The second-order valence-corrected chi connectivity index (χ2v) is 4.83. The van der Waals surface area contributed by atoms with Crippen molar-refractivity contribution in [2.45, 2.75) is 19.8 Å². The van der Waals surface area contributed by atoms with Gasteiger partial charge in [-0.1, -0.05) is 0 Å². The molecule has 6 heteroatoms. The standard InChI is InChI=1S/C13H17N3O3/c1-8(17)10-6-11(15-7-10)13(19)16-4-2-9(3-5-16)12(14)18/h6-7,9,15H,2-5H2,1H3,(H2,14,18). The summed E-state index contributed by atoms with van der Waals surface area (Å²) in [6.45, 7) is 2.48. The first-order chi connectivity index (χ1) is 8.99. The fourth-order valence-corrected chi connectivity index (χ4v) is 2.26. The van der Waals surface area contributed by atoms with Crippen molar-refractivity contribution in [3.05, 3.63) is 23.5 Å². The van der Waals surface area contributed by atoms with E-state index in [0.29, 0.717) is 37.2 Å². The van der Waals surface area contributed by atoms with Crippen molar-refractivity contribution in [1.29, 1.82) is 0 Å². The van der Waals surface area contributed by atoms with E-state index in [-0.39, 0.29) is 23.5 Å². The summed E-state index contributed by atoms with van der Waals surface area (Å²) in [5, 5.41) is 0. The first-order valence-corrected chi connectivity index (χ1v) is 6.27. The predicted octanol–water partition coefficient (Wildman–Crippen LogP) is 0.555. The first kappa shape index (κ1) is 13.3. The van der Waals surface area contributed by atoms with E-state index in [4.69, 9.17) is 5.73 Å². The van der Waals surface area contributed by atoms with Crippen LogP contribution >= 0.6 is 0 Å². The number of rotatable bonds is 3. The van der Waals surface area contributed by atoms with Gasteiger partial charge >= 0.3 is 0 Å². The molecule has 0 aromatic carbocycles. The molecular weight excluding hydrogens is 246 g/mol. The summed E-state index contributed by atoms with van der Waals surface area (Å²) >= 11 is 0. The van der Waals surface area contributed by atoms with Gasteiger partial charge in [-0.3, -0.25) is 14.4 Å². The Bertz CT molecular complexity index is 513. The van der Waals surface area contributed by atoms with Crippen LogP contribution < -0.4 is 5.73 Å². The van der Waals surface area contributed by atoms with Crippen molar-refractivity contribution >= 4 is 17.6 Å². The highest BCUT2D eigenvalue weighted by Crippen LogP contribution is 2.18. The zero-order chi connectivity index (χ0) is 14.0. The summed E-state index contributed by atoms with van der Waals surface area (Å²) in [5.74, 6) is -0.663. The van der Waals surface area contributed by atoms with Crippen molar-refractivity contribution in [3.63, 3.8) is 0 Å². The van der Waals surface area contributed by atoms with Crippen molar-refractivity contribution in [2.75, 3.05) is 13.1 Å². The van der Waals surface area contributed by atoms with E-state index < -0.39 is 0 Å². The summed E-state index contributed by atoms with van der Waals surface area (Å²) in [6.07, 6.45) is 2.73. The number of amides is 2. The number of hydrogen-bond acceptors (Lipinski definition) is 3. The van der Waals surface area contributed by atoms with Crippen LogP contribution in [-0.4, -0.2) is 40.6 Å². The second-order valence-electron chi connectivity index (χ2n) is 4.83. The molecule has 1 aromatic heterocycles. The van der Waals surface area contributed by atoms with Crippen LogP contribution in [0.1, 0.15) is 40.6 Å². The molecule has 19 heavy (non-hydrogen) atoms. The Morgan fingerprint density at radius 1 is 1.32 bits per heavy atom. The van der Waals surface area contributed by atoms with Crippen LogP contribution in [0.4, 0.5) is 0 Å². The number of likely N-dealkylation sites (tertiary alicyclic amines) is 1. The van der Waals surface area contributed by atoms with E-state index in [1.54, 1.807) is 11.0 Å². The summed E-state index contributed by atoms with van der Waals surface area (Å²) in [6, 6.07) is 1.56. The van der Waals surface area contributed by atoms with Gasteiger partial charge in [0.15, 0.2) is 5.78 Å². The second kappa shape index (κ2) is 5.26. The van der Waals surface area contributed by atoms with Crippen molar-refractivity contribution in [1.82, 2.24) is 9.88 Å². The zero-order valence-electron chi connectivity index (χ0n) is 10.8. The van der Waals surface area contributed by atoms with Gasteiger partial charge in [0.1, 0.15) is 5.69 Å². The number of primary amides is 1. The molecule has 1 saturated heterocycles. The van der Waals surface area contributed by atoms with Gasteiger partial charge in [0, 0.05) is 30.8 Å². The Labute approximate surface area is 111 Å². The molecule has 0 unspecified atom stereocenters. The van der Waals surface area contributed by atoms with Crippen molar-refractivity contribution < 1.29 is 14.4 Å². The number of carbonyl (C=O) groups excluding carboxylic acids is 3. The van der Waals surface area contributed by atoms with Crippen LogP contribution in [0.15, 0.2) is 12.3 Å². The van der Waals surface area contributed by atoms with E-state index in [2.05, 4.69) is 4.98 Å². The molecule has 2 rings (SSSR count).